The summed E-state index contributed by atoms with van der Waals surface area (Å²) in [7, 11) is 5.65. The number of benzene rings is 1. The summed E-state index contributed by atoms with van der Waals surface area (Å²) in [5.74, 6) is 0.768. The summed E-state index contributed by atoms with van der Waals surface area (Å²) in [5, 5.41) is 2.93. The van der Waals surface area contributed by atoms with E-state index in [2.05, 4.69) is 10.2 Å². The van der Waals surface area contributed by atoms with Gasteiger partial charge >= 0.3 is 0 Å². The van der Waals surface area contributed by atoms with Crippen LogP contribution in [-0.2, 0) is 4.79 Å². The Bertz CT molecular complexity index is 477. The van der Waals surface area contributed by atoms with E-state index in [0.29, 0.717) is 6.54 Å². The Kier molecular flexibility index (Phi) is 6.25. The molecule has 0 saturated heterocycles. The van der Waals surface area contributed by atoms with Crippen molar-refractivity contribution in [3.05, 3.63) is 41.5 Å². The third-order valence-electron chi connectivity index (χ3n) is 2.99. The van der Waals surface area contributed by atoms with E-state index < -0.39 is 0 Å². The molecule has 110 valence electrons. The van der Waals surface area contributed by atoms with Gasteiger partial charge in [0.05, 0.1) is 13.2 Å². The van der Waals surface area contributed by atoms with Crippen molar-refractivity contribution in [2.24, 2.45) is 0 Å². The van der Waals surface area contributed by atoms with Crippen LogP contribution in [0, 0.1) is 0 Å². The fraction of sp³-hybridized carbons (Fsp3) is 0.438. The number of carbonyl (C=O) groups excluding carboxylic acids is 1. The number of hydrogen-bond donors (Lipinski definition) is 1. The third-order valence-corrected chi connectivity index (χ3v) is 2.99. The van der Waals surface area contributed by atoms with E-state index in [9.17, 15) is 4.79 Å². The molecule has 0 spiro atoms. The van der Waals surface area contributed by atoms with Crippen molar-refractivity contribution in [2.75, 3.05) is 27.7 Å². The number of carbonyl (C=O) groups is 1. The van der Waals surface area contributed by atoms with Gasteiger partial charge in [0.25, 0.3) is 0 Å². The SMILES string of the molecule is COc1cccc(C(CNC(=O)C=C(C)C)N(C)C)c1. The van der Waals surface area contributed by atoms with Gasteiger partial charge in [-0.05, 0) is 45.6 Å². The molecule has 20 heavy (non-hydrogen) atoms. The minimum absolute atomic E-state index is 0.0558. The summed E-state index contributed by atoms with van der Waals surface area (Å²) < 4.78 is 5.25. The molecule has 0 radical (unpaired) electrons. The van der Waals surface area contributed by atoms with Gasteiger partial charge in [0, 0.05) is 12.6 Å². The van der Waals surface area contributed by atoms with Gasteiger partial charge in [-0.3, -0.25) is 4.79 Å². The number of amides is 1. The molecule has 0 bridgehead atoms. The quantitative estimate of drug-likeness (QED) is 0.811. The van der Waals surface area contributed by atoms with Crippen molar-refractivity contribution in [1.29, 1.82) is 0 Å². The maximum absolute atomic E-state index is 11.7. The van der Waals surface area contributed by atoms with Crippen LogP contribution in [0.1, 0.15) is 25.5 Å². The van der Waals surface area contributed by atoms with Crippen LogP contribution in [0.2, 0.25) is 0 Å². The molecule has 4 heteroatoms. The Morgan fingerprint density at radius 1 is 1.40 bits per heavy atom. The first kappa shape index (κ1) is 16.2. The van der Waals surface area contributed by atoms with Crippen LogP contribution in [0.15, 0.2) is 35.9 Å². The molecule has 1 rings (SSSR count). The number of methoxy groups -OCH3 is 1. The molecule has 1 atom stereocenters. The fourth-order valence-electron chi connectivity index (χ4n) is 1.96. The zero-order valence-electron chi connectivity index (χ0n) is 12.9. The topological polar surface area (TPSA) is 41.6 Å². The highest BCUT2D eigenvalue weighted by atomic mass is 16.5. The summed E-state index contributed by atoms with van der Waals surface area (Å²) in [6, 6.07) is 8.03. The van der Waals surface area contributed by atoms with E-state index in [-0.39, 0.29) is 11.9 Å². The molecule has 1 aromatic rings. The largest absolute Gasteiger partial charge is 0.497 e. The van der Waals surface area contributed by atoms with Crippen LogP contribution < -0.4 is 10.1 Å². The summed E-state index contributed by atoms with van der Waals surface area (Å²) in [6.45, 7) is 4.37. The Hall–Kier alpha value is -1.81. The van der Waals surface area contributed by atoms with E-state index in [0.717, 1.165) is 16.9 Å². The minimum atomic E-state index is -0.0558. The van der Waals surface area contributed by atoms with Crippen LogP contribution in [0.25, 0.3) is 0 Å². The molecule has 0 heterocycles. The lowest BCUT2D eigenvalue weighted by Gasteiger charge is -2.25. The number of allylic oxidation sites excluding steroid dienone is 1. The fourth-order valence-corrected chi connectivity index (χ4v) is 1.96. The second-order valence-electron chi connectivity index (χ2n) is 5.22. The molecule has 0 aliphatic carbocycles. The molecule has 4 nitrogen and oxygen atoms in total. The van der Waals surface area contributed by atoms with Crippen molar-refractivity contribution >= 4 is 5.91 Å². The Morgan fingerprint density at radius 2 is 2.10 bits per heavy atom. The van der Waals surface area contributed by atoms with Crippen LogP contribution in [0.4, 0.5) is 0 Å². The van der Waals surface area contributed by atoms with Crippen LogP contribution in [0.3, 0.4) is 0 Å². The summed E-state index contributed by atoms with van der Waals surface area (Å²) >= 11 is 0. The summed E-state index contributed by atoms with van der Waals surface area (Å²) in [5.41, 5.74) is 2.11. The Labute approximate surface area is 121 Å². The molecule has 1 unspecified atom stereocenters. The maximum atomic E-state index is 11.7. The molecule has 0 saturated carbocycles. The monoisotopic (exact) mass is 276 g/mol. The van der Waals surface area contributed by atoms with Crippen molar-refractivity contribution < 1.29 is 9.53 Å². The smallest absolute Gasteiger partial charge is 0.243 e. The van der Waals surface area contributed by atoms with Gasteiger partial charge in [-0.15, -0.1) is 0 Å². The Balaban J connectivity index is 2.79. The molecule has 0 aliphatic heterocycles. The van der Waals surface area contributed by atoms with Crippen molar-refractivity contribution in [3.8, 4) is 5.75 Å². The number of nitrogens with one attached hydrogen (secondary N) is 1. The standard InChI is InChI=1S/C16H24N2O2/c1-12(2)9-16(19)17-11-15(18(3)4)13-7-6-8-14(10-13)20-5/h6-10,15H,11H2,1-5H3,(H,17,19). The molecular weight excluding hydrogens is 252 g/mol. The first-order valence-corrected chi connectivity index (χ1v) is 6.67. The Morgan fingerprint density at radius 3 is 2.65 bits per heavy atom. The lowest BCUT2D eigenvalue weighted by Crippen LogP contribution is -2.33. The molecular formula is C16H24N2O2. The average Bonchev–Trinajstić information content (AvgIpc) is 2.38. The van der Waals surface area contributed by atoms with E-state index in [4.69, 9.17) is 4.74 Å². The summed E-state index contributed by atoms with van der Waals surface area (Å²) in [6.07, 6.45) is 1.61. The van der Waals surface area contributed by atoms with Crippen LogP contribution in [0.5, 0.6) is 5.75 Å². The highest BCUT2D eigenvalue weighted by molar-refractivity contribution is 5.88. The minimum Gasteiger partial charge on any atom is -0.497 e. The number of likely N-dealkylation sites (N-methyl/N-ethyl adjacent to an activating group) is 1. The highest BCUT2D eigenvalue weighted by Crippen LogP contribution is 2.22. The van der Waals surface area contributed by atoms with E-state index in [1.54, 1.807) is 13.2 Å². The van der Waals surface area contributed by atoms with Gasteiger partial charge in [-0.25, -0.2) is 0 Å². The highest BCUT2D eigenvalue weighted by Gasteiger charge is 2.15. The van der Waals surface area contributed by atoms with E-state index in [1.807, 2.05) is 52.2 Å². The average molecular weight is 276 g/mol. The van der Waals surface area contributed by atoms with Gasteiger partial charge in [0.2, 0.25) is 5.91 Å². The molecule has 0 aromatic heterocycles. The lowest BCUT2D eigenvalue weighted by molar-refractivity contribution is -0.116. The van der Waals surface area contributed by atoms with Crippen molar-refractivity contribution in [1.82, 2.24) is 10.2 Å². The van der Waals surface area contributed by atoms with Gasteiger partial charge in [-0.1, -0.05) is 17.7 Å². The third kappa shape index (κ3) is 5.05. The van der Waals surface area contributed by atoms with Gasteiger partial charge in [0.1, 0.15) is 5.75 Å². The molecule has 0 fully saturated rings. The molecule has 0 aliphatic rings. The first-order chi connectivity index (χ1) is 9.43. The van der Waals surface area contributed by atoms with Crippen molar-refractivity contribution in [3.63, 3.8) is 0 Å². The van der Waals surface area contributed by atoms with E-state index in [1.165, 1.54) is 0 Å². The number of hydrogen-bond acceptors (Lipinski definition) is 3. The molecule has 1 N–H and O–H groups in total. The predicted molar refractivity (Wildman–Crippen MR) is 81.9 cm³/mol. The first-order valence-electron chi connectivity index (χ1n) is 6.67. The predicted octanol–water partition coefficient (Wildman–Crippen LogP) is 2.38. The zero-order chi connectivity index (χ0) is 15.1. The number of ether oxygens (including phenoxy) is 1. The molecule has 1 amide bonds. The van der Waals surface area contributed by atoms with Gasteiger partial charge in [0.15, 0.2) is 0 Å². The second-order valence-corrected chi connectivity index (χ2v) is 5.22. The van der Waals surface area contributed by atoms with Gasteiger partial charge in [-0.2, -0.15) is 0 Å². The summed E-state index contributed by atoms with van der Waals surface area (Å²) in [4.78, 5) is 13.8. The number of rotatable bonds is 6. The molecule has 1 aromatic carbocycles. The second kappa shape index (κ2) is 7.70. The van der Waals surface area contributed by atoms with Crippen LogP contribution in [-0.4, -0.2) is 38.6 Å². The number of nitrogens with zero attached hydrogens (tertiary/aromatic N) is 1. The lowest BCUT2D eigenvalue weighted by atomic mass is 10.1. The van der Waals surface area contributed by atoms with Gasteiger partial charge < -0.3 is 15.0 Å². The zero-order valence-corrected chi connectivity index (χ0v) is 12.9. The maximum Gasteiger partial charge on any atom is 0.243 e. The van der Waals surface area contributed by atoms with Crippen molar-refractivity contribution in [2.45, 2.75) is 19.9 Å². The normalized spacial score (nSPS) is 11.9. The van der Waals surface area contributed by atoms with Crippen LogP contribution >= 0.6 is 0 Å². The van der Waals surface area contributed by atoms with E-state index >= 15 is 0 Å².